The normalized spacial score (nSPS) is 12.6. The molecule has 2 rings (SSSR count). The molecular weight excluding hydrogens is 316 g/mol. The summed E-state index contributed by atoms with van der Waals surface area (Å²) in [5.74, 6) is 0. The lowest BCUT2D eigenvalue weighted by Crippen LogP contribution is -2.20. The summed E-state index contributed by atoms with van der Waals surface area (Å²) in [6.07, 6.45) is 4.65. The van der Waals surface area contributed by atoms with Crippen molar-refractivity contribution < 1.29 is 0 Å². The Bertz CT molecular complexity index is 551. The second kappa shape index (κ2) is 6.99. The Hall–Kier alpha value is -1.20. The minimum atomic E-state index is 0.265. The molecule has 0 spiro atoms. The fourth-order valence-corrected chi connectivity index (χ4v) is 2.89. The van der Waals surface area contributed by atoms with Gasteiger partial charge in [0.25, 0.3) is 0 Å². The van der Waals surface area contributed by atoms with Crippen molar-refractivity contribution in [3.63, 3.8) is 0 Å². The molecule has 0 aliphatic carbocycles. The number of hydrogen-bond acceptors (Lipinski definition) is 3. The predicted octanol–water partition coefficient (Wildman–Crippen LogP) is 3.47. The average molecular weight is 337 g/mol. The van der Waals surface area contributed by atoms with Crippen LogP contribution >= 0.6 is 15.9 Å². The van der Waals surface area contributed by atoms with E-state index in [4.69, 9.17) is 0 Å². The fraction of sp³-hybridized carbons (Fsp3) is 0.467. The summed E-state index contributed by atoms with van der Waals surface area (Å²) in [6, 6.07) is 4.32. The van der Waals surface area contributed by atoms with Gasteiger partial charge in [-0.15, -0.1) is 0 Å². The largest absolute Gasteiger partial charge is 0.304 e. The molecule has 2 heterocycles. The van der Waals surface area contributed by atoms with E-state index in [1.165, 1.54) is 11.3 Å². The van der Waals surface area contributed by atoms with Gasteiger partial charge in [-0.1, -0.05) is 13.0 Å². The second-order valence-corrected chi connectivity index (χ2v) is 5.56. The van der Waals surface area contributed by atoms with Crippen LogP contribution in [0.2, 0.25) is 0 Å². The molecule has 20 heavy (non-hydrogen) atoms. The van der Waals surface area contributed by atoms with E-state index in [2.05, 4.69) is 62.8 Å². The van der Waals surface area contributed by atoms with Gasteiger partial charge in [-0.2, -0.15) is 5.10 Å². The van der Waals surface area contributed by atoms with Crippen LogP contribution in [-0.4, -0.2) is 14.8 Å². The average Bonchev–Trinajstić information content (AvgIpc) is 2.81. The van der Waals surface area contributed by atoms with E-state index in [-0.39, 0.29) is 6.04 Å². The number of pyridine rings is 1. The van der Waals surface area contributed by atoms with Crippen LogP contribution in [0.1, 0.15) is 43.8 Å². The van der Waals surface area contributed by atoms with Crippen molar-refractivity contribution in [2.75, 3.05) is 0 Å². The Morgan fingerprint density at radius 2 is 2.20 bits per heavy atom. The smallest absolute Gasteiger partial charge is 0.0767 e. The van der Waals surface area contributed by atoms with Crippen LogP contribution in [0.5, 0.6) is 0 Å². The van der Waals surface area contributed by atoms with Gasteiger partial charge in [0.15, 0.2) is 0 Å². The van der Waals surface area contributed by atoms with Crippen LogP contribution in [0.3, 0.4) is 0 Å². The maximum Gasteiger partial charge on any atom is 0.0767 e. The topological polar surface area (TPSA) is 42.7 Å². The first-order valence-corrected chi connectivity index (χ1v) is 7.84. The summed E-state index contributed by atoms with van der Waals surface area (Å²) >= 11 is 3.67. The number of nitrogens with zero attached hydrogens (tertiary/aromatic N) is 3. The van der Waals surface area contributed by atoms with Crippen LogP contribution < -0.4 is 5.32 Å². The maximum absolute atomic E-state index is 4.61. The van der Waals surface area contributed by atoms with E-state index in [0.717, 1.165) is 29.7 Å². The van der Waals surface area contributed by atoms with Crippen molar-refractivity contribution in [3.05, 3.63) is 46.0 Å². The van der Waals surface area contributed by atoms with Gasteiger partial charge in [0.2, 0.25) is 0 Å². The number of hydrogen-bond donors (Lipinski definition) is 1. The van der Waals surface area contributed by atoms with Crippen molar-refractivity contribution in [1.29, 1.82) is 0 Å². The molecule has 1 atom stereocenters. The lowest BCUT2D eigenvalue weighted by Gasteiger charge is -2.14. The SMILES string of the molecule is CCc1nn(CC)c(CN[C@H](C)c2cccnc2)c1Br. The second-order valence-electron chi connectivity index (χ2n) is 4.77. The molecular formula is C15H21BrN4. The zero-order chi connectivity index (χ0) is 14.5. The van der Waals surface area contributed by atoms with Crippen molar-refractivity contribution >= 4 is 15.9 Å². The third-order valence-corrected chi connectivity index (χ3v) is 4.37. The highest BCUT2D eigenvalue weighted by Crippen LogP contribution is 2.23. The lowest BCUT2D eigenvalue weighted by atomic mass is 10.1. The molecule has 0 bridgehead atoms. The Kier molecular flexibility index (Phi) is 5.31. The van der Waals surface area contributed by atoms with Gasteiger partial charge in [-0.05, 0) is 47.8 Å². The Morgan fingerprint density at radius 1 is 1.40 bits per heavy atom. The molecule has 4 nitrogen and oxygen atoms in total. The third-order valence-electron chi connectivity index (χ3n) is 3.45. The third kappa shape index (κ3) is 3.27. The molecule has 2 aromatic heterocycles. The van der Waals surface area contributed by atoms with Gasteiger partial charge in [-0.3, -0.25) is 9.67 Å². The van der Waals surface area contributed by atoms with E-state index in [9.17, 15) is 0 Å². The molecule has 2 aromatic rings. The first kappa shape index (κ1) is 15.2. The summed E-state index contributed by atoms with van der Waals surface area (Å²) in [5.41, 5.74) is 3.53. The van der Waals surface area contributed by atoms with Gasteiger partial charge in [0, 0.05) is 31.5 Å². The summed E-state index contributed by atoms with van der Waals surface area (Å²) in [6.45, 7) is 8.07. The Balaban J connectivity index is 2.09. The Labute approximate surface area is 128 Å². The van der Waals surface area contributed by atoms with E-state index >= 15 is 0 Å². The van der Waals surface area contributed by atoms with Crippen molar-refractivity contribution in [1.82, 2.24) is 20.1 Å². The van der Waals surface area contributed by atoms with Crippen LogP contribution in [0.25, 0.3) is 0 Å². The molecule has 0 aliphatic rings. The zero-order valence-electron chi connectivity index (χ0n) is 12.2. The highest BCUT2D eigenvalue weighted by Gasteiger charge is 2.14. The minimum absolute atomic E-state index is 0.265. The van der Waals surface area contributed by atoms with Crippen LogP contribution in [0, 0.1) is 0 Å². The highest BCUT2D eigenvalue weighted by molar-refractivity contribution is 9.10. The molecule has 0 fully saturated rings. The molecule has 0 radical (unpaired) electrons. The fourth-order valence-electron chi connectivity index (χ4n) is 2.19. The van der Waals surface area contributed by atoms with Gasteiger partial charge < -0.3 is 5.32 Å². The molecule has 108 valence electrons. The monoisotopic (exact) mass is 336 g/mol. The number of aromatic nitrogens is 3. The Morgan fingerprint density at radius 3 is 2.80 bits per heavy atom. The van der Waals surface area contributed by atoms with Crippen LogP contribution in [-0.2, 0) is 19.5 Å². The molecule has 0 saturated carbocycles. The van der Waals surface area contributed by atoms with E-state index < -0.39 is 0 Å². The highest BCUT2D eigenvalue weighted by atomic mass is 79.9. The standard InChI is InChI=1S/C15H21BrN4/c1-4-13-15(16)14(20(5-2)19-13)10-18-11(3)12-7-6-8-17-9-12/h6-9,11,18H,4-5,10H2,1-3H3/t11-/m1/s1. The molecule has 0 aromatic carbocycles. The first-order chi connectivity index (χ1) is 9.67. The first-order valence-electron chi connectivity index (χ1n) is 7.04. The minimum Gasteiger partial charge on any atom is -0.304 e. The van der Waals surface area contributed by atoms with Gasteiger partial charge >= 0.3 is 0 Å². The zero-order valence-corrected chi connectivity index (χ0v) is 13.8. The van der Waals surface area contributed by atoms with Crippen molar-refractivity contribution in [2.24, 2.45) is 0 Å². The quantitative estimate of drug-likeness (QED) is 0.878. The lowest BCUT2D eigenvalue weighted by molar-refractivity contribution is 0.528. The molecule has 0 saturated heterocycles. The number of rotatable bonds is 6. The predicted molar refractivity (Wildman–Crippen MR) is 84.5 cm³/mol. The summed E-state index contributed by atoms with van der Waals surface area (Å²) < 4.78 is 3.19. The molecule has 5 heteroatoms. The number of aryl methyl sites for hydroxylation is 2. The number of nitrogens with one attached hydrogen (secondary N) is 1. The van der Waals surface area contributed by atoms with Gasteiger partial charge in [-0.25, -0.2) is 0 Å². The number of halogens is 1. The van der Waals surface area contributed by atoms with Crippen LogP contribution in [0.15, 0.2) is 29.0 Å². The van der Waals surface area contributed by atoms with Crippen molar-refractivity contribution in [2.45, 2.75) is 46.3 Å². The summed E-state index contributed by atoms with van der Waals surface area (Å²) in [5, 5.41) is 8.15. The van der Waals surface area contributed by atoms with E-state index in [1.54, 1.807) is 6.20 Å². The van der Waals surface area contributed by atoms with Gasteiger partial charge in [0.1, 0.15) is 0 Å². The maximum atomic E-state index is 4.61. The molecule has 0 amide bonds. The summed E-state index contributed by atoms with van der Waals surface area (Å²) in [4.78, 5) is 4.16. The van der Waals surface area contributed by atoms with Crippen LogP contribution in [0.4, 0.5) is 0 Å². The molecule has 0 unspecified atom stereocenters. The van der Waals surface area contributed by atoms with E-state index in [1.807, 2.05) is 12.3 Å². The molecule has 1 N–H and O–H groups in total. The summed E-state index contributed by atoms with van der Waals surface area (Å²) in [7, 11) is 0. The van der Waals surface area contributed by atoms with E-state index in [0.29, 0.717) is 0 Å². The molecule has 0 aliphatic heterocycles. The van der Waals surface area contributed by atoms with Gasteiger partial charge in [0.05, 0.1) is 15.9 Å². The van der Waals surface area contributed by atoms with Crippen molar-refractivity contribution in [3.8, 4) is 0 Å².